The molecule has 0 saturated carbocycles. The average molecular weight is 278 g/mol. The molecule has 0 heterocycles. The molecule has 0 aromatic rings. The van der Waals surface area contributed by atoms with E-state index >= 15 is 0 Å². The summed E-state index contributed by atoms with van der Waals surface area (Å²) < 4.78 is 0. The largest absolute Gasteiger partial charge is 0.481 e. The zero-order chi connectivity index (χ0) is 14.9. The molecule has 1 unspecified atom stereocenters. The summed E-state index contributed by atoms with van der Waals surface area (Å²) in [4.78, 5) is 39.5. The van der Waals surface area contributed by atoms with Crippen LogP contribution in [0.25, 0.3) is 0 Å². The summed E-state index contributed by atoms with van der Waals surface area (Å²) in [5.74, 6) is -5.38. The highest BCUT2D eigenvalue weighted by molar-refractivity contribution is 5.91. The molecule has 0 amide bonds. The first-order valence-electron chi connectivity index (χ1n) is 4.65. The highest BCUT2D eigenvalue weighted by Gasteiger charge is 2.13. The van der Waals surface area contributed by atoms with Crippen LogP contribution in [-0.2, 0) is 19.2 Å². The van der Waals surface area contributed by atoms with Crippen molar-refractivity contribution < 1.29 is 39.6 Å². The molecule has 0 aromatic heterocycles. The van der Waals surface area contributed by atoms with Crippen LogP contribution in [0.2, 0.25) is 0 Å². The predicted molar refractivity (Wildman–Crippen MR) is 64.8 cm³/mol. The third-order valence-electron chi connectivity index (χ3n) is 1.57. The van der Waals surface area contributed by atoms with Crippen LogP contribution >= 0.6 is 0 Å². The molecule has 0 bridgehead atoms. The summed E-state index contributed by atoms with van der Waals surface area (Å²) in [6.07, 6.45) is -0.815. The van der Waals surface area contributed by atoms with E-state index in [4.69, 9.17) is 20.4 Å². The number of rotatable bonds is 6. The third-order valence-corrected chi connectivity index (χ3v) is 1.57. The van der Waals surface area contributed by atoms with Crippen molar-refractivity contribution in [2.24, 2.45) is 5.92 Å². The van der Waals surface area contributed by atoms with Crippen molar-refractivity contribution in [3.63, 3.8) is 0 Å². The topological polar surface area (TPSA) is 149 Å². The van der Waals surface area contributed by atoms with E-state index in [1.807, 2.05) is 0 Å². The SMILES string of the molecule is C.C=C(CC(=O)O)C(=O)O.CC(CC(=O)O)C(=O)O. The Kier molecular flexibility index (Phi) is 12.4. The highest BCUT2D eigenvalue weighted by Crippen LogP contribution is 1.99. The second-order valence-corrected chi connectivity index (χ2v) is 3.32. The Morgan fingerprint density at radius 1 is 1.00 bits per heavy atom. The van der Waals surface area contributed by atoms with Gasteiger partial charge in [0.2, 0.25) is 0 Å². The van der Waals surface area contributed by atoms with Crippen LogP contribution < -0.4 is 0 Å². The van der Waals surface area contributed by atoms with E-state index in [-0.39, 0.29) is 19.4 Å². The summed E-state index contributed by atoms with van der Waals surface area (Å²) >= 11 is 0. The fourth-order valence-electron chi connectivity index (χ4n) is 0.607. The molecule has 0 aliphatic carbocycles. The van der Waals surface area contributed by atoms with Crippen molar-refractivity contribution in [2.75, 3.05) is 0 Å². The summed E-state index contributed by atoms with van der Waals surface area (Å²) in [6, 6.07) is 0. The van der Waals surface area contributed by atoms with Gasteiger partial charge < -0.3 is 20.4 Å². The molecule has 0 radical (unpaired) electrons. The Morgan fingerprint density at radius 2 is 1.42 bits per heavy atom. The minimum Gasteiger partial charge on any atom is -0.481 e. The van der Waals surface area contributed by atoms with Gasteiger partial charge in [-0.05, 0) is 0 Å². The van der Waals surface area contributed by atoms with Crippen molar-refractivity contribution in [1.29, 1.82) is 0 Å². The molecule has 0 rings (SSSR count). The first kappa shape index (κ1) is 21.9. The van der Waals surface area contributed by atoms with E-state index in [1.165, 1.54) is 6.92 Å². The van der Waals surface area contributed by atoms with Crippen LogP contribution in [0.5, 0.6) is 0 Å². The molecule has 0 aromatic carbocycles. The van der Waals surface area contributed by atoms with E-state index in [0.717, 1.165) is 0 Å². The van der Waals surface area contributed by atoms with Crippen LogP contribution in [-0.4, -0.2) is 44.3 Å². The summed E-state index contributed by atoms with van der Waals surface area (Å²) in [6.45, 7) is 4.37. The normalized spacial score (nSPS) is 9.95. The average Bonchev–Trinajstić information content (AvgIpc) is 2.16. The van der Waals surface area contributed by atoms with E-state index in [2.05, 4.69) is 6.58 Å². The molecular formula is C11H18O8. The number of hydrogen-bond acceptors (Lipinski definition) is 4. The number of carbonyl (C=O) groups is 4. The van der Waals surface area contributed by atoms with Gasteiger partial charge in [-0.2, -0.15) is 0 Å². The van der Waals surface area contributed by atoms with Gasteiger partial charge in [0.15, 0.2) is 0 Å². The fourth-order valence-corrected chi connectivity index (χ4v) is 0.607. The number of hydrogen-bond donors (Lipinski definition) is 4. The van der Waals surface area contributed by atoms with E-state index in [9.17, 15) is 19.2 Å². The smallest absolute Gasteiger partial charge is 0.331 e. The molecule has 0 fully saturated rings. The molecule has 0 spiro atoms. The molecule has 8 heteroatoms. The Hall–Kier alpha value is -2.38. The molecule has 8 nitrogen and oxygen atoms in total. The van der Waals surface area contributed by atoms with Gasteiger partial charge in [-0.15, -0.1) is 0 Å². The van der Waals surface area contributed by atoms with Crippen LogP contribution in [0.4, 0.5) is 0 Å². The first-order chi connectivity index (χ1) is 8.07. The maximum Gasteiger partial charge on any atom is 0.331 e. The molecule has 110 valence electrons. The quantitative estimate of drug-likeness (QED) is 0.524. The Labute approximate surface area is 110 Å². The summed E-state index contributed by atoms with van der Waals surface area (Å²) in [5.41, 5.74) is -0.303. The van der Waals surface area contributed by atoms with Crippen LogP contribution in [0.3, 0.4) is 0 Å². The van der Waals surface area contributed by atoms with E-state index in [1.54, 1.807) is 0 Å². The summed E-state index contributed by atoms with van der Waals surface area (Å²) in [7, 11) is 0. The molecule has 0 aliphatic rings. The fraction of sp³-hybridized carbons (Fsp3) is 0.455. The van der Waals surface area contributed by atoms with Gasteiger partial charge in [0.05, 0.1) is 18.8 Å². The monoisotopic (exact) mass is 278 g/mol. The van der Waals surface area contributed by atoms with Crippen molar-refractivity contribution in [1.82, 2.24) is 0 Å². The standard InChI is InChI=1S/C5H8O4.C5H6O4.CH4/c2*1-3(5(8)9)2-4(6)7;/h3H,2H2,1H3,(H,6,7)(H,8,9);1-2H2,(H,6,7)(H,8,9);1H4. The lowest BCUT2D eigenvalue weighted by atomic mass is 10.1. The van der Waals surface area contributed by atoms with E-state index in [0.29, 0.717) is 0 Å². The van der Waals surface area contributed by atoms with Gasteiger partial charge in [0, 0.05) is 5.57 Å². The van der Waals surface area contributed by atoms with Crippen LogP contribution in [0.15, 0.2) is 12.2 Å². The summed E-state index contributed by atoms with van der Waals surface area (Å²) in [5, 5.41) is 32.3. The van der Waals surface area contributed by atoms with Crippen molar-refractivity contribution in [3.8, 4) is 0 Å². The maximum atomic E-state index is 9.97. The molecule has 1 atom stereocenters. The Balaban J connectivity index is -0.000000256. The van der Waals surface area contributed by atoms with Crippen molar-refractivity contribution >= 4 is 23.9 Å². The van der Waals surface area contributed by atoms with Gasteiger partial charge in [-0.25, -0.2) is 4.79 Å². The zero-order valence-corrected chi connectivity index (χ0v) is 9.62. The lowest BCUT2D eigenvalue weighted by Gasteiger charge is -1.98. The molecule has 4 N–H and O–H groups in total. The maximum absolute atomic E-state index is 9.97. The molecular weight excluding hydrogens is 260 g/mol. The Morgan fingerprint density at radius 3 is 1.53 bits per heavy atom. The molecule has 0 aliphatic heterocycles. The second-order valence-electron chi connectivity index (χ2n) is 3.32. The van der Waals surface area contributed by atoms with Gasteiger partial charge in [-0.3, -0.25) is 14.4 Å². The molecule has 19 heavy (non-hydrogen) atoms. The first-order valence-corrected chi connectivity index (χ1v) is 4.65. The predicted octanol–water partition coefficient (Wildman–Crippen LogP) is 0.920. The zero-order valence-electron chi connectivity index (χ0n) is 9.62. The second kappa shape index (κ2) is 10.8. The number of carboxylic acids is 4. The van der Waals surface area contributed by atoms with Crippen LogP contribution in [0, 0.1) is 5.92 Å². The van der Waals surface area contributed by atoms with Gasteiger partial charge in [0.25, 0.3) is 0 Å². The van der Waals surface area contributed by atoms with Gasteiger partial charge in [-0.1, -0.05) is 20.9 Å². The third kappa shape index (κ3) is 15.6. The minimum atomic E-state index is -1.27. The Bertz CT molecular complexity index is 358. The van der Waals surface area contributed by atoms with E-state index < -0.39 is 36.2 Å². The lowest BCUT2D eigenvalue weighted by molar-refractivity contribution is -0.147. The van der Waals surface area contributed by atoms with Gasteiger partial charge >= 0.3 is 23.9 Å². The molecule has 0 saturated heterocycles. The number of carboxylic acid groups (broad SMARTS) is 4. The van der Waals surface area contributed by atoms with Gasteiger partial charge in [0.1, 0.15) is 0 Å². The minimum absolute atomic E-state index is 0. The van der Waals surface area contributed by atoms with Crippen molar-refractivity contribution in [3.05, 3.63) is 12.2 Å². The highest BCUT2D eigenvalue weighted by atomic mass is 16.4. The lowest BCUT2D eigenvalue weighted by Crippen LogP contribution is -2.13. The van der Waals surface area contributed by atoms with Crippen LogP contribution in [0.1, 0.15) is 27.2 Å². The number of aliphatic carboxylic acids is 4. The van der Waals surface area contributed by atoms with Crippen molar-refractivity contribution in [2.45, 2.75) is 27.2 Å².